The third-order valence-corrected chi connectivity index (χ3v) is 6.22. The lowest BCUT2D eigenvalue weighted by Crippen LogP contribution is -2.26. The van der Waals surface area contributed by atoms with E-state index >= 15 is 0 Å². The van der Waals surface area contributed by atoms with E-state index in [0.717, 1.165) is 37.1 Å². The van der Waals surface area contributed by atoms with E-state index in [4.69, 9.17) is 9.72 Å². The largest absolute Gasteiger partial charge is 0.491 e. The first-order valence-corrected chi connectivity index (χ1v) is 11.8. The maximum absolute atomic E-state index is 6.18. The first-order chi connectivity index (χ1) is 15.3. The number of rotatable bonds is 10. The minimum atomic E-state index is 0.633. The summed E-state index contributed by atoms with van der Waals surface area (Å²) in [4.78, 5) is 7.60. The number of ether oxygens (including phenoxy) is 1. The van der Waals surface area contributed by atoms with Crippen LogP contribution in [0.1, 0.15) is 43.5 Å². The van der Waals surface area contributed by atoms with E-state index in [-0.39, 0.29) is 0 Å². The van der Waals surface area contributed by atoms with Crippen molar-refractivity contribution in [1.82, 2.24) is 14.5 Å². The predicted octanol–water partition coefficient (Wildman–Crippen LogP) is 5.65. The zero-order valence-electron chi connectivity index (χ0n) is 18.6. The molecule has 0 N–H and O–H groups in total. The van der Waals surface area contributed by atoms with Crippen molar-refractivity contribution in [2.45, 2.75) is 51.5 Å². The molecule has 0 radical (unpaired) electrons. The molecule has 0 spiro atoms. The zero-order chi connectivity index (χ0) is 21.3. The molecule has 4 heteroatoms. The third kappa shape index (κ3) is 5.76. The van der Waals surface area contributed by atoms with Crippen molar-refractivity contribution in [2.24, 2.45) is 0 Å². The molecule has 1 aliphatic rings. The molecule has 1 fully saturated rings. The Morgan fingerprint density at radius 1 is 0.935 bits per heavy atom. The van der Waals surface area contributed by atoms with Crippen molar-refractivity contribution in [2.75, 3.05) is 26.2 Å². The number of imidazole rings is 1. The quantitative estimate of drug-likeness (QED) is 0.399. The van der Waals surface area contributed by atoms with Crippen molar-refractivity contribution >= 4 is 11.0 Å². The van der Waals surface area contributed by atoms with E-state index in [1.165, 1.54) is 62.2 Å². The zero-order valence-corrected chi connectivity index (χ0v) is 18.6. The van der Waals surface area contributed by atoms with Crippen LogP contribution in [0.25, 0.3) is 11.0 Å². The molecule has 4 nitrogen and oxygen atoms in total. The van der Waals surface area contributed by atoms with Crippen LogP contribution in [0.3, 0.4) is 0 Å². The van der Waals surface area contributed by atoms with Gasteiger partial charge in [0.05, 0.1) is 17.6 Å². The fourth-order valence-electron chi connectivity index (χ4n) is 4.60. The van der Waals surface area contributed by atoms with Crippen LogP contribution < -0.4 is 4.74 Å². The first kappa shape index (κ1) is 21.6. The minimum absolute atomic E-state index is 0.633. The van der Waals surface area contributed by atoms with Gasteiger partial charge in [0.2, 0.25) is 0 Å². The average Bonchev–Trinajstić information content (AvgIpc) is 2.95. The number of allylic oxidation sites excluding steroid dienone is 1. The molecule has 0 saturated carbocycles. The Kier molecular flexibility index (Phi) is 7.78. The predicted molar refractivity (Wildman–Crippen MR) is 129 cm³/mol. The van der Waals surface area contributed by atoms with Gasteiger partial charge < -0.3 is 14.2 Å². The summed E-state index contributed by atoms with van der Waals surface area (Å²) < 4.78 is 8.53. The van der Waals surface area contributed by atoms with Gasteiger partial charge in [0.1, 0.15) is 18.2 Å². The van der Waals surface area contributed by atoms with E-state index in [0.29, 0.717) is 6.61 Å². The Morgan fingerprint density at radius 3 is 2.55 bits per heavy atom. The van der Waals surface area contributed by atoms with Crippen molar-refractivity contribution in [3.8, 4) is 5.75 Å². The van der Waals surface area contributed by atoms with Crippen LogP contribution in [-0.2, 0) is 19.4 Å². The van der Waals surface area contributed by atoms with Crippen LogP contribution in [-0.4, -0.2) is 40.7 Å². The lowest BCUT2D eigenvalue weighted by molar-refractivity contribution is 0.278. The number of aromatic nitrogens is 2. The highest BCUT2D eigenvalue weighted by Gasteiger charge is 2.13. The van der Waals surface area contributed by atoms with E-state index in [1.807, 2.05) is 18.2 Å². The van der Waals surface area contributed by atoms with Crippen LogP contribution in [0.15, 0.2) is 61.2 Å². The van der Waals surface area contributed by atoms with Gasteiger partial charge in [-0.25, -0.2) is 4.98 Å². The second-order valence-corrected chi connectivity index (χ2v) is 8.48. The number of likely N-dealkylation sites (tertiary alicyclic amines) is 1. The highest BCUT2D eigenvalue weighted by atomic mass is 16.5. The molecule has 0 bridgehead atoms. The molecule has 2 aromatic carbocycles. The number of aryl methyl sites for hydroxylation is 1. The number of nitrogens with zero attached hydrogens (tertiary/aromatic N) is 3. The van der Waals surface area contributed by atoms with E-state index in [9.17, 15) is 0 Å². The molecular formula is C27H35N3O. The van der Waals surface area contributed by atoms with Gasteiger partial charge in [-0.1, -0.05) is 49.2 Å². The second kappa shape index (κ2) is 11.1. The summed E-state index contributed by atoms with van der Waals surface area (Å²) in [5.41, 5.74) is 3.47. The minimum Gasteiger partial charge on any atom is -0.491 e. The fraction of sp³-hybridized carbons (Fsp3) is 0.444. The molecule has 4 rings (SSSR count). The van der Waals surface area contributed by atoms with Crippen molar-refractivity contribution in [1.29, 1.82) is 0 Å². The molecular weight excluding hydrogens is 382 g/mol. The van der Waals surface area contributed by atoms with Crippen LogP contribution in [0, 0.1) is 0 Å². The molecule has 1 aromatic heterocycles. The van der Waals surface area contributed by atoms with Gasteiger partial charge in [-0.05, 0) is 69.1 Å². The molecule has 2 heterocycles. The molecule has 1 saturated heterocycles. The highest BCUT2D eigenvalue weighted by Crippen LogP contribution is 2.21. The van der Waals surface area contributed by atoms with Gasteiger partial charge >= 0.3 is 0 Å². The summed E-state index contributed by atoms with van der Waals surface area (Å²) in [6, 6.07) is 16.7. The smallest absolute Gasteiger partial charge is 0.122 e. The third-order valence-electron chi connectivity index (χ3n) is 6.22. The SMILES string of the molecule is C=CCc1ccccc1OCCn1c(CCCN2CCCCCC2)nc2ccccc21. The molecule has 0 amide bonds. The van der Waals surface area contributed by atoms with E-state index in [1.54, 1.807) is 0 Å². The van der Waals surface area contributed by atoms with E-state index < -0.39 is 0 Å². The first-order valence-electron chi connectivity index (χ1n) is 11.8. The van der Waals surface area contributed by atoms with Crippen molar-refractivity contribution in [3.63, 3.8) is 0 Å². The van der Waals surface area contributed by atoms with Crippen LogP contribution in [0.5, 0.6) is 5.75 Å². The van der Waals surface area contributed by atoms with Gasteiger partial charge in [-0.2, -0.15) is 0 Å². The van der Waals surface area contributed by atoms with Gasteiger partial charge in [0.25, 0.3) is 0 Å². The Hall–Kier alpha value is -2.59. The monoisotopic (exact) mass is 417 g/mol. The normalized spacial score (nSPS) is 15.1. The Balaban J connectivity index is 1.41. The van der Waals surface area contributed by atoms with Gasteiger partial charge in [-0.15, -0.1) is 6.58 Å². The fourth-order valence-corrected chi connectivity index (χ4v) is 4.60. The topological polar surface area (TPSA) is 30.3 Å². The van der Waals surface area contributed by atoms with Crippen LogP contribution >= 0.6 is 0 Å². The van der Waals surface area contributed by atoms with Crippen LogP contribution in [0.2, 0.25) is 0 Å². The number of benzene rings is 2. The van der Waals surface area contributed by atoms with Gasteiger partial charge in [0.15, 0.2) is 0 Å². The number of hydrogen-bond acceptors (Lipinski definition) is 3. The second-order valence-electron chi connectivity index (χ2n) is 8.48. The van der Waals surface area contributed by atoms with Crippen molar-refractivity contribution < 1.29 is 4.74 Å². The number of fused-ring (bicyclic) bond motifs is 1. The molecule has 1 aliphatic heterocycles. The highest BCUT2D eigenvalue weighted by molar-refractivity contribution is 5.75. The Bertz CT molecular complexity index is 970. The molecule has 0 atom stereocenters. The molecule has 0 unspecified atom stereocenters. The summed E-state index contributed by atoms with van der Waals surface area (Å²) in [5, 5.41) is 0. The summed E-state index contributed by atoms with van der Waals surface area (Å²) in [6.45, 7) is 8.99. The number of hydrogen-bond donors (Lipinski definition) is 0. The molecule has 164 valence electrons. The Labute approximate surface area is 186 Å². The number of para-hydroxylation sites is 3. The van der Waals surface area contributed by atoms with Crippen molar-refractivity contribution in [3.05, 3.63) is 72.6 Å². The standard InChI is InChI=1S/C27H35N3O/c1-2-12-23-13-5-8-16-26(23)31-22-21-30-25-15-7-6-14-24(25)28-27(30)17-11-20-29-18-9-3-4-10-19-29/h2,5-8,13-16H,1,3-4,9-12,17-22H2. The molecule has 31 heavy (non-hydrogen) atoms. The average molecular weight is 418 g/mol. The maximum atomic E-state index is 6.18. The van der Waals surface area contributed by atoms with Crippen LogP contribution in [0.4, 0.5) is 0 Å². The van der Waals surface area contributed by atoms with Gasteiger partial charge in [0, 0.05) is 6.42 Å². The summed E-state index contributed by atoms with van der Waals surface area (Å²) in [7, 11) is 0. The van der Waals surface area contributed by atoms with E-state index in [2.05, 4.69) is 52.4 Å². The lowest BCUT2D eigenvalue weighted by Gasteiger charge is -2.19. The lowest BCUT2D eigenvalue weighted by atomic mass is 10.1. The molecule has 0 aliphatic carbocycles. The summed E-state index contributed by atoms with van der Waals surface area (Å²) in [6.07, 6.45) is 10.4. The van der Waals surface area contributed by atoms with Gasteiger partial charge in [-0.3, -0.25) is 0 Å². The Morgan fingerprint density at radius 2 is 1.71 bits per heavy atom. The maximum Gasteiger partial charge on any atom is 0.122 e. The molecule has 3 aromatic rings. The summed E-state index contributed by atoms with van der Waals surface area (Å²) >= 11 is 0. The summed E-state index contributed by atoms with van der Waals surface area (Å²) in [5.74, 6) is 2.13.